The Morgan fingerprint density at radius 2 is 1.58 bits per heavy atom. The van der Waals surface area contributed by atoms with Crippen LogP contribution in [-0.4, -0.2) is 5.78 Å². The first-order valence-corrected chi connectivity index (χ1v) is 7.99. The first-order chi connectivity index (χ1) is 8.97. The molecule has 1 heterocycles. The van der Waals surface area contributed by atoms with Gasteiger partial charge in [-0.1, -0.05) is 78.1 Å². The second-order valence-corrected chi connectivity index (χ2v) is 10.8. The lowest BCUT2D eigenvalue weighted by Crippen LogP contribution is -2.37. The number of hydrogen-bond acceptors (Lipinski definition) is 1. The minimum absolute atomic E-state index is 0.0983. The van der Waals surface area contributed by atoms with Crippen LogP contribution in [0.5, 0.6) is 0 Å². The Hall–Kier alpha value is -0.520. The van der Waals surface area contributed by atoms with Crippen LogP contribution in [0.2, 0.25) is 0 Å². The summed E-state index contributed by atoms with van der Waals surface area (Å²) >= 11 is 10.4. The van der Waals surface area contributed by atoms with Gasteiger partial charge in [-0.15, -0.1) is 0 Å². The summed E-state index contributed by atoms with van der Waals surface area (Å²) in [5.41, 5.74) is 1.76. The highest BCUT2D eigenvalue weighted by Gasteiger charge is 2.22. The lowest BCUT2D eigenvalue weighted by atomic mass is 10.1. The zero-order valence-corrected chi connectivity index (χ0v) is 14.7. The molecule has 1 aromatic carbocycles. The Labute approximate surface area is 137 Å². The highest BCUT2D eigenvalue weighted by atomic mass is 80.0. The van der Waals surface area contributed by atoms with E-state index >= 15 is 0 Å². The van der Waals surface area contributed by atoms with Gasteiger partial charge in [0.15, 0.2) is 14.5 Å². The topological polar surface area (TPSA) is 20.9 Å². The van der Waals surface area contributed by atoms with Crippen molar-refractivity contribution in [3.63, 3.8) is 0 Å². The van der Waals surface area contributed by atoms with E-state index in [0.29, 0.717) is 6.54 Å². The molecule has 0 bridgehead atoms. The summed E-state index contributed by atoms with van der Waals surface area (Å²) in [5, 5.41) is 0. The number of rotatable bonds is 3. The van der Waals surface area contributed by atoms with E-state index in [1.54, 1.807) is 0 Å². The average molecular weight is 449 g/mol. The number of benzene rings is 1. The van der Waals surface area contributed by atoms with E-state index in [4.69, 9.17) is 0 Å². The fourth-order valence-electron chi connectivity index (χ4n) is 1.63. The minimum Gasteiger partial charge on any atom is -0.287 e. The van der Waals surface area contributed by atoms with Gasteiger partial charge in [0, 0.05) is 23.3 Å². The maximum atomic E-state index is 12.0. The lowest BCUT2D eigenvalue weighted by Gasteiger charge is -2.10. The van der Waals surface area contributed by atoms with Crippen LogP contribution in [-0.2, 0) is 8.69 Å². The van der Waals surface area contributed by atoms with E-state index < -0.39 is 2.14 Å². The molecule has 2 rings (SSSR count). The monoisotopic (exact) mass is 446 g/mol. The molecule has 0 saturated heterocycles. The van der Waals surface area contributed by atoms with Crippen molar-refractivity contribution in [1.82, 2.24) is 0 Å². The molecule has 0 spiro atoms. The van der Waals surface area contributed by atoms with Crippen LogP contribution in [0, 0.1) is 0 Å². The van der Waals surface area contributed by atoms with E-state index in [1.807, 2.05) is 59.4 Å². The maximum Gasteiger partial charge on any atom is 0.227 e. The molecule has 0 fully saturated rings. The van der Waals surface area contributed by atoms with E-state index in [1.165, 1.54) is 0 Å². The second kappa shape index (κ2) is 6.29. The molecule has 0 amide bonds. The number of alkyl halides is 3. The quantitative estimate of drug-likeness (QED) is 0.392. The van der Waals surface area contributed by atoms with Crippen molar-refractivity contribution < 1.29 is 9.36 Å². The number of hydrogen-bond donors (Lipinski definition) is 0. The molecule has 0 saturated carbocycles. The molecule has 1 aromatic heterocycles. The SMILES string of the molecule is O=C(C[n+]1ccc(C(Br)(Br)Br)cc1)c1ccccc1. The summed E-state index contributed by atoms with van der Waals surface area (Å²) in [6.45, 7) is 0.337. The van der Waals surface area contributed by atoms with Crippen LogP contribution < -0.4 is 4.57 Å². The van der Waals surface area contributed by atoms with E-state index in [0.717, 1.165) is 11.1 Å². The van der Waals surface area contributed by atoms with Crippen molar-refractivity contribution in [2.45, 2.75) is 8.69 Å². The highest BCUT2D eigenvalue weighted by Crippen LogP contribution is 2.43. The summed E-state index contributed by atoms with van der Waals surface area (Å²) in [6.07, 6.45) is 3.77. The number of carbonyl (C=O) groups excluding carboxylic acids is 1. The minimum atomic E-state index is -0.421. The highest BCUT2D eigenvalue weighted by molar-refractivity contribution is 9.38. The maximum absolute atomic E-state index is 12.0. The number of halogens is 3. The van der Waals surface area contributed by atoms with Gasteiger partial charge in [0.05, 0.1) is 0 Å². The molecule has 0 radical (unpaired) electrons. The number of nitrogens with zero attached hydrogens (tertiary/aromatic N) is 1. The third kappa shape index (κ3) is 4.23. The van der Waals surface area contributed by atoms with Crippen molar-refractivity contribution in [3.8, 4) is 0 Å². The van der Waals surface area contributed by atoms with Gasteiger partial charge in [0.25, 0.3) is 0 Å². The molecule has 0 aliphatic carbocycles. The van der Waals surface area contributed by atoms with Crippen molar-refractivity contribution >= 4 is 53.6 Å². The largest absolute Gasteiger partial charge is 0.287 e. The summed E-state index contributed by atoms with van der Waals surface area (Å²) in [6, 6.07) is 13.2. The average Bonchev–Trinajstić information content (AvgIpc) is 2.39. The summed E-state index contributed by atoms with van der Waals surface area (Å²) in [7, 11) is 0. The Bertz CT molecular complexity index is 561. The number of Topliss-reactive ketones (excluding diaryl/α,β-unsaturated/α-hetero) is 1. The van der Waals surface area contributed by atoms with Crippen molar-refractivity contribution in [1.29, 1.82) is 0 Å². The number of ketones is 1. The van der Waals surface area contributed by atoms with Gasteiger partial charge in [-0.25, -0.2) is 0 Å². The van der Waals surface area contributed by atoms with Gasteiger partial charge in [-0.3, -0.25) is 4.79 Å². The molecular weight excluding hydrogens is 438 g/mol. The third-order valence-corrected chi connectivity index (χ3v) is 4.01. The summed E-state index contributed by atoms with van der Waals surface area (Å²) < 4.78 is 1.44. The Morgan fingerprint density at radius 1 is 1.00 bits per heavy atom. The third-order valence-electron chi connectivity index (χ3n) is 2.64. The van der Waals surface area contributed by atoms with E-state index in [9.17, 15) is 4.79 Å². The molecule has 98 valence electrons. The van der Waals surface area contributed by atoms with Gasteiger partial charge in [-0.2, -0.15) is 4.57 Å². The van der Waals surface area contributed by atoms with Gasteiger partial charge >= 0.3 is 0 Å². The van der Waals surface area contributed by atoms with E-state index in [-0.39, 0.29) is 5.78 Å². The van der Waals surface area contributed by atoms with Crippen LogP contribution in [0.25, 0.3) is 0 Å². The Kier molecular flexibility index (Phi) is 4.92. The smallest absolute Gasteiger partial charge is 0.227 e. The predicted molar refractivity (Wildman–Crippen MR) is 85.9 cm³/mol. The number of pyridine rings is 1. The van der Waals surface area contributed by atoms with Gasteiger partial charge in [0.1, 0.15) is 0 Å². The van der Waals surface area contributed by atoms with Crippen LogP contribution in [0.4, 0.5) is 0 Å². The zero-order chi connectivity index (χ0) is 13.9. The molecule has 0 N–H and O–H groups in total. The van der Waals surface area contributed by atoms with Gasteiger partial charge in [-0.05, 0) is 0 Å². The molecule has 2 nitrogen and oxygen atoms in total. The molecule has 0 aliphatic rings. The van der Waals surface area contributed by atoms with E-state index in [2.05, 4.69) is 47.8 Å². The first kappa shape index (κ1) is 14.9. The summed E-state index contributed by atoms with van der Waals surface area (Å²) in [4.78, 5) is 12.0. The van der Waals surface area contributed by atoms with Crippen LogP contribution in [0.3, 0.4) is 0 Å². The Balaban J connectivity index is 2.10. The lowest BCUT2D eigenvalue weighted by molar-refractivity contribution is -0.683. The molecule has 0 aliphatic heterocycles. The Morgan fingerprint density at radius 3 is 2.11 bits per heavy atom. The molecule has 0 unspecified atom stereocenters. The molecule has 2 aromatic rings. The van der Waals surface area contributed by atoms with Crippen LogP contribution in [0.1, 0.15) is 15.9 Å². The summed E-state index contributed by atoms with van der Waals surface area (Å²) in [5.74, 6) is 0.0983. The zero-order valence-electron chi connectivity index (χ0n) is 9.89. The van der Waals surface area contributed by atoms with Crippen LogP contribution >= 0.6 is 47.8 Å². The standard InChI is InChI=1S/C14H11Br3NO/c15-14(16,17)12-6-8-18(9-7-12)10-13(19)11-4-2-1-3-5-11/h1-9H,10H2/q+1. The molecule has 5 heteroatoms. The van der Waals surface area contributed by atoms with Gasteiger partial charge < -0.3 is 0 Å². The predicted octanol–water partition coefficient (Wildman–Crippen LogP) is 4.15. The normalized spacial score (nSPS) is 11.3. The fourth-order valence-corrected chi connectivity index (χ4v) is 2.43. The fraction of sp³-hybridized carbons (Fsp3) is 0.143. The molecule has 0 atom stereocenters. The first-order valence-electron chi connectivity index (χ1n) is 5.61. The van der Waals surface area contributed by atoms with Crippen LogP contribution in [0.15, 0.2) is 54.9 Å². The number of aromatic nitrogens is 1. The van der Waals surface area contributed by atoms with Crippen molar-refractivity contribution in [3.05, 3.63) is 66.0 Å². The number of carbonyl (C=O) groups is 1. The second-order valence-electron chi connectivity index (χ2n) is 4.05. The van der Waals surface area contributed by atoms with Crippen molar-refractivity contribution in [2.24, 2.45) is 0 Å². The molecule has 19 heavy (non-hydrogen) atoms. The molecular formula is C14H11Br3NO+. The van der Waals surface area contributed by atoms with Gasteiger partial charge in [0.2, 0.25) is 12.3 Å². The van der Waals surface area contributed by atoms with Crippen molar-refractivity contribution in [2.75, 3.05) is 0 Å².